The van der Waals surface area contributed by atoms with Crippen molar-refractivity contribution in [1.29, 1.82) is 0 Å². The third-order valence-corrected chi connectivity index (χ3v) is 15.5. The summed E-state index contributed by atoms with van der Waals surface area (Å²) >= 11 is 0. The molecule has 0 aromatic heterocycles. The molecule has 0 heterocycles. The molecular formula is C78H121N3O7. The van der Waals surface area contributed by atoms with Crippen molar-refractivity contribution in [2.45, 2.75) is 206 Å². The van der Waals surface area contributed by atoms with E-state index in [2.05, 4.69) is 130 Å². The Bertz CT molecular complexity index is 2680. The van der Waals surface area contributed by atoms with Gasteiger partial charge in [-0.25, -0.2) is 0 Å². The molecule has 0 fully saturated rings. The van der Waals surface area contributed by atoms with Crippen LogP contribution in [0.5, 0.6) is 0 Å². The second-order valence-electron chi connectivity index (χ2n) is 25.2. The Hall–Kier alpha value is -6.73. The Labute approximate surface area is 537 Å². The lowest BCUT2D eigenvalue weighted by molar-refractivity contribution is -0.142. The maximum Gasteiger partial charge on any atom is 0.264 e. The minimum Gasteiger partial charge on any atom is -0.481 e. The molecule has 10 nitrogen and oxygen atoms in total. The molecule has 2 aromatic rings. The van der Waals surface area contributed by atoms with Crippen LogP contribution in [0.15, 0.2) is 158 Å². The first-order chi connectivity index (χ1) is 41.5. The van der Waals surface area contributed by atoms with Gasteiger partial charge in [0.1, 0.15) is 17.6 Å². The zero-order valence-corrected chi connectivity index (χ0v) is 58.6. The molecule has 0 aliphatic heterocycles. The fourth-order valence-electron chi connectivity index (χ4n) is 10.3. The second-order valence-corrected chi connectivity index (χ2v) is 25.2. The molecule has 3 rings (SSSR count). The lowest BCUT2D eigenvalue weighted by Crippen LogP contribution is -2.44. The van der Waals surface area contributed by atoms with Crippen LogP contribution in [-0.2, 0) is 46.3 Å². The van der Waals surface area contributed by atoms with Crippen LogP contribution in [-0.4, -0.2) is 95.8 Å². The van der Waals surface area contributed by atoms with Crippen LogP contribution >= 0.6 is 0 Å². The first-order valence-electron chi connectivity index (χ1n) is 32.6. The maximum atomic E-state index is 13.6. The number of benzene rings is 2. The van der Waals surface area contributed by atoms with Gasteiger partial charge in [-0.1, -0.05) is 232 Å². The van der Waals surface area contributed by atoms with Gasteiger partial charge in [-0.2, -0.15) is 0 Å². The van der Waals surface area contributed by atoms with Gasteiger partial charge < -0.3 is 24.2 Å². The van der Waals surface area contributed by atoms with Gasteiger partial charge >= 0.3 is 0 Å². The van der Waals surface area contributed by atoms with Crippen LogP contribution in [0, 0.1) is 47.3 Å². The molecule has 1 aliphatic carbocycles. The van der Waals surface area contributed by atoms with Crippen molar-refractivity contribution < 1.29 is 34.9 Å². The quantitative estimate of drug-likeness (QED) is 0.0287. The molecule has 0 saturated carbocycles. The lowest BCUT2D eigenvalue weighted by Gasteiger charge is -2.37. The molecule has 0 radical (unpaired) electrons. The van der Waals surface area contributed by atoms with E-state index in [-0.39, 0.29) is 67.0 Å². The number of amides is 2. The van der Waals surface area contributed by atoms with Gasteiger partial charge in [-0.15, -0.1) is 6.58 Å². The highest BCUT2D eigenvalue weighted by atomic mass is 16.5. The van der Waals surface area contributed by atoms with Crippen LogP contribution in [0.1, 0.15) is 187 Å². The molecule has 2 aromatic carbocycles. The number of allylic oxidation sites excluding steroid dienone is 7. The Morgan fingerprint density at radius 1 is 0.705 bits per heavy atom. The van der Waals surface area contributed by atoms with Crippen molar-refractivity contribution in [2.75, 3.05) is 27.7 Å². The fraction of sp³-hybridized carbons (Fsp3) is 0.551. The highest BCUT2D eigenvalue weighted by Crippen LogP contribution is 2.36. The van der Waals surface area contributed by atoms with E-state index in [9.17, 15) is 24.0 Å². The SMILES string of the molecule is C=C=C(O[C@H](C)/C(=C/C)N(C)[C@@H](CC(C)C)C(=C=C)O[C@H](Cc1ccccc1)C(=O)N(C)CC(C)=O)[C@@H](C)CC(C)C.C=CC(=O)[C@H](/C=C\C(=O)[C@H](CC(C)C)N(C)C(=O)[C@@H](C)C=C)Cc1ccc(C(=C)CC2C=C(CCC)C2)cc1.CC.CCC(C)C.[HH]. The van der Waals surface area contributed by atoms with E-state index in [1.807, 2.05) is 97.1 Å². The highest BCUT2D eigenvalue weighted by Gasteiger charge is 2.33. The van der Waals surface area contributed by atoms with E-state index in [1.54, 1.807) is 38.7 Å². The smallest absolute Gasteiger partial charge is 0.264 e. The predicted molar refractivity (Wildman–Crippen MR) is 374 cm³/mol. The van der Waals surface area contributed by atoms with E-state index < -0.39 is 18.1 Å². The molecule has 0 saturated heterocycles. The number of hydrogen-bond acceptors (Lipinski definition) is 8. The van der Waals surface area contributed by atoms with Crippen LogP contribution in [0.3, 0.4) is 0 Å². The summed E-state index contributed by atoms with van der Waals surface area (Å²) in [7, 11) is 5.30. The Kier molecular flexibility index (Phi) is 40.5. The second kappa shape index (κ2) is 43.8. The molecule has 490 valence electrons. The minimum atomic E-state index is -0.848. The van der Waals surface area contributed by atoms with Crippen molar-refractivity contribution in [1.82, 2.24) is 14.7 Å². The van der Waals surface area contributed by atoms with Gasteiger partial charge in [0, 0.05) is 40.8 Å². The topological polar surface area (TPSA) is 114 Å². The molecule has 8 atom stereocenters. The number of carbonyl (C=O) groups excluding carboxylic acids is 5. The zero-order valence-electron chi connectivity index (χ0n) is 58.6. The highest BCUT2D eigenvalue weighted by molar-refractivity contribution is 5.99. The van der Waals surface area contributed by atoms with Crippen LogP contribution in [0.4, 0.5) is 0 Å². The molecule has 0 N–H and O–H groups in total. The first-order valence-corrected chi connectivity index (χ1v) is 32.6. The summed E-state index contributed by atoms with van der Waals surface area (Å²) in [6.07, 6.45) is 18.2. The molecular weight excluding hydrogens is 1090 g/mol. The van der Waals surface area contributed by atoms with E-state index in [0.29, 0.717) is 42.8 Å². The number of ketones is 3. The first kappa shape index (κ1) is 81.3. The van der Waals surface area contributed by atoms with E-state index in [4.69, 9.17) is 9.47 Å². The van der Waals surface area contributed by atoms with Crippen molar-refractivity contribution in [3.05, 3.63) is 175 Å². The van der Waals surface area contributed by atoms with Gasteiger partial charge in [0.2, 0.25) is 5.91 Å². The average molecular weight is 1210 g/mol. The summed E-state index contributed by atoms with van der Waals surface area (Å²) in [5.74, 6) is 2.25. The van der Waals surface area contributed by atoms with E-state index >= 15 is 0 Å². The number of Topliss-reactive ketones (excluding diaryl/α,β-unsaturated/α-hetero) is 1. The molecule has 2 amide bonds. The number of carbonyl (C=O) groups is 5. The number of likely N-dealkylation sites (N-methyl/N-ethyl adjacent to an activating group) is 3. The van der Waals surface area contributed by atoms with E-state index in [1.165, 1.54) is 54.6 Å². The van der Waals surface area contributed by atoms with Crippen molar-refractivity contribution >= 4 is 34.7 Å². The maximum absolute atomic E-state index is 13.6. The van der Waals surface area contributed by atoms with Gasteiger partial charge in [-0.05, 0) is 130 Å². The molecule has 1 unspecified atom stereocenters. The number of hydrogen-bond donors (Lipinski definition) is 0. The summed E-state index contributed by atoms with van der Waals surface area (Å²) in [6, 6.07) is 17.1. The van der Waals surface area contributed by atoms with Crippen molar-refractivity contribution in [2.24, 2.45) is 47.3 Å². The van der Waals surface area contributed by atoms with Crippen LogP contribution < -0.4 is 0 Å². The lowest BCUT2D eigenvalue weighted by atomic mass is 9.79. The van der Waals surface area contributed by atoms with Crippen LogP contribution in [0.25, 0.3) is 5.57 Å². The average Bonchev–Trinajstić information content (AvgIpc) is 3.66. The number of ether oxygens (including phenoxy) is 2. The number of rotatable bonds is 36. The third-order valence-electron chi connectivity index (χ3n) is 15.5. The standard InChI is InChI=1S/C36H54N2O4.C35H47NO3.C5H12.C2H6.H2/c1-13-31(29(10)41-33(14-2)27(8)21-25(4)5)38(12)32(22-26(6)7)34(15-3)42-35(23-30-19-17-16-18-20-30)36(40)37(11)24-28(9)39;1-9-12-28-21-29(22-28)20-26(7)30-15-13-27(14-16-30)23-31(33(37)11-3)17-18-34(38)32(19-24(4)5)36(8)35(39)25(6)10-2;1-4-5(2)3;1-2;/h13,16-20,25-27,29,32,35H,2-3,21-24H2,1,4-12H3;10-11,13-18,21,24-25,29,31-32H,2-3,7,9,12,19-20,22-23H2,1,4-6,8H3;5H,4H2,1-3H3;1-2H3;1H/b31-13-;18-17-;;;/t27-,29+,32-,35+;25-,29?,31+,32-;;;/m00.../s1. The normalized spacial score (nSPS) is 15.0. The van der Waals surface area contributed by atoms with Crippen LogP contribution in [0.2, 0.25) is 0 Å². The summed E-state index contributed by atoms with van der Waals surface area (Å²) in [4.78, 5) is 69.1. The molecule has 10 heteroatoms. The molecule has 88 heavy (non-hydrogen) atoms. The third kappa shape index (κ3) is 30.0. The van der Waals surface area contributed by atoms with Crippen molar-refractivity contribution in [3.63, 3.8) is 0 Å². The molecule has 0 bridgehead atoms. The van der Waals surface area contributed by atoms with Gasteiger partial charge in [0.15, 0.2) is 23.4 Å². The molecule has 1 aliphatic rings. The monoisotopic (exact) mass is 1210 g/mol. The van der Waals surface area contributed by atoms with E-state index in [0.717, 1.165) is 58.9 Å². The summed E-state index contributed by atoms with van der Waals surface area (Å²) in [5.41, 5.74) is 12.8. The summed E-state index contributed by atoms with van der Waals surface area (Å²) in [6.45, 7) is 54.5. The largest absolute Gasteiger partial charge is 0.481 e. The fourth-order valence-corrected chi connectivity index (χ4v) is 10.3. The summed E-state index contributed by atoms with van der Waals surface area (Å²) < 4.78 is 12.9. The number of nitrogens with zero attached hydrogens (tertiary/aromatic N) is 3. The van der Waals surface area contributed by atoms with Gasteiger partial charge in [-0.3, -0.25) is 24.0 Å². The Balaban J connectivity index is 0. The Morgan fingerprint density at radius 2 is 1.24 bits per heavy atom. The predicted octanol–water partition coefficient (Wildman–Crippen LogP) is 18.2. The molecule has 0 spiro atoms. The van der Waals surface area contributed by atoms with Gasteiger partial charge in [0.25, 0.3) is 5.91 Å². The van der Waals surface area contributed by atoms with Crippen molar-refractivity contribution in [3.8, 4) is 0 Å². The summed E-state index contributed by atoms with van der Waals surface area (Å²) in [5, 5.41) is 0. The van der Waals surface area contributed by atoms with Gasteiger partial charge in [0.05, 0.1) is 30.2 Å². The zero-order chi connectivity index (χ0) is 67.4. The Morgan fingerprint density at radius 3 is 1.70 bits per heavy atom. The minimum absolute atomic E-state index is 0.